The van der Waals surface area contributed by atoms with E-state index in [0.717, 1.165) is 37.8 Å². The molecule has 1 aliphatic carbocycles. The number of rotatable bonds is 3. The van der Waals surface area contributed by atoms with E-state index in [1.54, 1.807) is 18.2 Å². The topological polar surface area (TPSA) is 46.3 Å². The second-order valence-electron chi connectivity index (χ2n) is 8.13. The van der Waals surface area contributed by atoms with Crippen LogP contribution < -0.4 is 0 Å². The van der Waals surface area contributed by atoms with Crippen LogP contribution in [0.1, 0.15) is 49.0 Å². The molecule has 1 saturated heterocycles. The number of fused-ring (bicyclic) bond motifs is 1. The van der Waals surface area contributed by atoms with Crippen molar-refractivity contribution in [2.45, 2.75) is 37.5 Å². The number of likely N-dealkylation sites (tertiary alicyclic amines) is 1. The lowest BCUT2D eigenvalue weighted by molar-refractivity contribution is -0.140. The molecule has 0 bridgehead atoms. The van der Waals surface area contributed by atoms with Crippen molar-refractivity contribution in [3.63, 3.8) is 0 Å². The molecule has 1 aromatic heterocycles. The normalized spacial score (nSPS) is 24.5. The molecule has 29 heavy (non-hydrogen) atoms. The molecule has 2 aliphatic rings. The van der Waals surface area contributed by atoms with Gasteiger partial charge in [-0.3, -0.25) is 4.79 Å². The van der Waals surface area contributed by atoms with Crippen LogP contribution in [0.3, 0.4) is 0 Å². The van der Waals surface area contributed by atoms with Gasteiger partial charge in [0.05, 0.1) is 5.92 Å². The highest BCUT2D eigenvalue weighted by Crippen LogP contribution is 2.44. The summed E-state index contributed by atoms with van der Waals surface area (Å²) < 4.78 is 32.4. The van der Waals surface area contributed by atoms with Crippen molar-refractivity contribution in [2.75, 3.05) is 13.1 Å². The van der Waals surface area contributed by atoms with Crippen LogP contribution in [0.5, 0.6) is 0 Å². The highest BCUT2D eigenvalue weighted by atomic mass is 19.1. The molecule has 1 saturated carbocycles. The molecule has 0 N–H and O–H groups in total. The van der Waals surface area contributed by atoms with Crippen LogP contribution in [0.2, 0.25) is 0 Å². The maximum Gasteiger partial charge on any atom is 0.226 e. The second-order valence-corrected chi connectivity index (χ2v) is 8.13. The third-order valence-electron chi connectivity index (χ3n) is 6.34. The van der Waals surface area contributed by atoms with Gasteiger partial charge in [0.1, 0.15) is 17.2 Å². The van der Waals surface area contributed by atoms with Crippen LogP contribution in [-0.2, 0) is 4.79 Å². The third kappa shape index (κ3) is 3.41. The van der Waals surface area contributed by atoms with Gasteiger partial charge >= 0.3 is 0 Å². The zero-order valence-electron chi connectivity index (χ0n) is 16.0. The van der Waals surface area contributed by atoms with Gasteiger partial charge in [-0.1, -0.05) is 12.1 Å². The van der Waals surface area contributed by atoms with Gasteiger partial charge in [0.15, 0.2) is 11.5 Å². The second kappa shape index (κ2) is 7.25. The first-order chi connectivity index (χ1) is 14.1. The van der Waals surface area contributed by atoms with E-state index < -0.39 is 0 Å². The van der Waals surface area contributed by atoms with Crippen molar-refractivity contribution in [3.8, 4) is 0 Å². The Bertz CT molecular complexity index is 1050. The van der Waals surface area contributed by atoms with Gasteiger partial charge < -0.3 is 9.32 Å². The maximum atomic E-state index is 13.4. The summed E-state index contributed by atoms with van der Waals surface area (Å²) in [7, 11) is 0. The van der Waals surface area contributed by atoms with Gasteiger partial charge in [-0.05, 0) is 61.4 Å². The Morgan fingerprint density at radius 2 is 1.83 bits per heavy atom. The van der Waals surface area contributed by atoms with Crippen LogP contribution >= 0.6 is 0 Å². The largest absolute Gasteiger partial charge is 0.440 e. The molecule has 3 unspecified atom stereocenters. The first-order valence-corrected chi connectivity index (χ1v) is 10.2. The van der Waals surface area contributed by atoms with Crippen molar-refractivity contribution in [1.82, 2.24) is 9.88 Å². The number of amides is 1. The zero-order chi connectivity index (χ0) is 20.0. The van der Waals surface area contributed by atoms with Gasteiger partial charge in [0.2, 0.25) is 5.91 Å². The molecular formula is C23H22F2N2O2. The van der Waals surface area contributed by atoms with Gasteiger partial charge in [0.25, 0.3) is 0 Å². The van der Waals surface area contributed by atoms with E-state index in [4.69, 9.17) is 4.42 Å². The molecule has 150 valence electrons. The van der Waals surface area contributed by atoms with Gasteiger partial charge in [-0.25, -0.2) is 13.8 Å². The summed E-state index contributed by atoms with van der Waals surface area (Å²) in [5, 5.41) is 0. The van der Waals surface area contributed by atoms with Gasteiger partial charge in [0, 0.05) is 25.1 Å². The Labute approximate surface area is 167 Å². The Kier molecular flexibility index (Phi) is 4.57. The predicted molar refractivity (Wildman–Crippen MR) is 104 cm³/mol. The summed E-state index contributed by atoms with van der Waals surface area (Å²) in [6.45, 7) is 1.30. The fraction of sp³-hybridized carbons (Fsp3) is 0.391. The SMILES string of the molecule is O=C(C1CCC1c1ccc(F)cc1)N1CCCC(c2nc3ccc(F)cc3o2)C1. The van der Waals surface area contributed by atoms with Crippen molar-refractivity contribution in [1.29, 1.82) is 0 Å². The number of carbonyl (C=O) groups is 1. The van der Waals surface area contributed by atoms with Gasteiger partial charge in [-0.15, -0.1) is 0 Å². The lowest BCUT2D eigenvalue weighted by atomic mass is 9.69. The number of oxazole rings is 1. The number of aromatic nitrogens is 1. The minimum Gasteiger partial charge on any atom is -0.440 e. The van der Waals surface area contributed by atoms with Crippen LogP contribution in [0, 0.1) is 17.6 Å². The zero-order valence-corrected chi connectivity index (χ0v) is 16.0. The van der Waals surface area contributed by atoms with Crippen molar-refractivity contribution < 1.29 is 18.0 Å². The summed E-state index contributed by atoms with van der Waals surface area (Å²) in [6.07, 6.45) is 3.60. The molecule has 1 amide bonds. The van der Waals surface area contributed by atoms with Crippen LogP contribution in [0.25, 0.3) is 11.1 Å². The van der Waals surface area contributed by atoms with Crippen LogP contribution in [-0.4, -0.2) is 28.9 Å². The third-order valence-corrected chi connectivity index (χ3v) is 6.34. The number of piperidine rings is 1. The van der Waals surface area contributed by atoms with Crippen LogP contribution in [0.4, 0.5) is 8.78 Å². The summed E-state index contributed by atoms with van der Waals surface area (Å²) in [4.78, 5) is 19.6. The smallest absolute Gasteiger partial charge is 0.226 e. The Morgan fingerprint density at radius 1 is 1.03 bits per heavy atom. The molecule has 2 fully saturated rings. The molecular weight excluding hydrogens is 374 g/mol. The van der Waals surface area contributed by atoms with E-state index in [9.17, 15) is 13.6 Å². The first-order valence-electron chi connectivity index (χ1n) is 10.2. The van der Waals surface area contributed by atoms with Gasteiger partial charge in [-0.2, -0.15) is 0 Å². The molecule has 1 aliphatic heterocycles. The number of halogens is 2. The monoisotopic (exact) mass is 396 g/mol. The molecule has 4 nitrogen and oxygen atoms in total. The van der Waals surface area contributed by atoms with E-state index in [-0.39, 0.29) is 35.3 Å². The average Bonchev–Trinajstić information content (AvgIpc) is 3.12. The lowest BCUT2D eigenvalue weighted by Gasteiger charge is -2.41. The first kappa shape index (κ1) is 18.3. The van der Waals surface area contributed by atoms with Crippen molar-refractivity contribution in [3.05, 3.63) is 65.6 Å². The van der Waals surface area contributed by atoms with E-state index in [1.807, 2.05) is 4.90 Å². The molecule has 0 radical (unpaired) electrons. The Hall–Kier alpha value is -2.76. The predicted octanol–water partition coefficient (Wildman–Crippen LogP) is 5.01. The number of hydrogen-bond acceptors (Lipinski definition) is 3. The molecule has 6 heteroatoms. The molecule has 2 aromatic carbocycles. The molecule has 0 spiro atoms. The summed E-state index contributed by atoms with van der Waals surface area (Å²) >= 11 is 0. The molecule has 2 heterocycles. The fourth-order valence-corrected chi connectivity index (χ4v) is 4.61. The maximum absolute atomic E-state index is 13.4. The van der Waals surface area contributed by atoms with Crippen LogP contribution in [0.15, 0.2) is 46.9 Å². The number of carbonyl (C=O) groups excluding carboxylic acids is 1. The van der Waals surface area contributed by atoms with E-state index in [1.165, 1.54) is 24.3 Å². The lowest BCUT2D eigenvalue weighted by Crippen LogP contribution is -2.46. The van der Waals surface area contributed by atoms with E-state index >= 15 is 0 Å². The van der Waals surface area contributed by atoms with E-state index in [0.29, 0.717) is 23.5 Å². The summed E-state index contributed by atoms with van der Waals surface area (Å²) in [5.41, 5.74) is 2.12. The Balaban J connectivity index is 1.31. The fourth-order valence-electron chi connectivity index (χ4n) is 4.61. The summed E-state index contributed by atoms with van der Waals surface area (Å²) in [6, 6.07) is 10.8. The van der Waals surface area contributed by atoms with E-state index in [2.05, 4.69) is 4.98 Å². The minimum absolute atomic E-state index is 0.0208. The minimum atomic E-state index is -0.350. The standard InChI is InChI=1S/C23H22F2N2O2/c24-16-5-3-14(4-6-16)18-8-9-19(18)23(28)27-11-1-2-15(13-27)22-26-20-10-7-17(25)12-21(20)29-22/h3-7,10,12,15,18-19H,1-2,8-9,11,13H2. The van der Waals surface area contributed by atoms with Crippen molar-refractivity contribution in [2.24, 2.45) is 5.92 Å². The Morgan fingerprint density at radius 3 is 2.59 bits per heavy atom. The quantitative estimate of drug-likeness (QED) is 0.626. The molecule has 3 aromatic rings. The highest BCUT2D eigenvalue weighted by Gasteiger charge is 2.41. The van der Waals surface area contributed by atoms with Crippen molar-refractivity contribution >= 4 is 17.0 Å². The highest BCUT2D eigenvalue weighted by molar-refractivity contribution is 5.81. The number of benzene rings is 2. The average molecular weight is 396 g/mol. The number of hydrogen-bond donors (Lipinski definition) is 0. The number of nitrogens with zero attached hydrogens (tertiary/aromatic N) is 2. The molecule has 3 atom stereocenters. The summed E-state index contributed by atoms with van der Waals surface area (Å²) in [5.74, 6) is 0.273. The molecule has 5 rings (SSSR count).